The zero-order valence-corrected chi connectivity index (χ0v) is 14.3. The molecule has 120 valence electrons. The molecular formula is C17H21N5S. The highest BCUT2D eigenvalue weighted by Gasteiger charge is 2.22. The van der Waals surface area contributed by atoms with Gasteiger partial charge in [-0.3, -0.25) is 0 Å². The maximum atomic E-state index is 4.69. The van der Waals surface area contributed by atoms with E-state index in [-0.39, 0.29) is 0 Å². The van der Waals surface area contributed by atoms with Crippen LogP contribution in [0.3, 0.4) is 0 Å². The average molecular weight is 327 g/mol. The molecule has 4 rings (SSSR count). The van der Waals surface area contributed by atoms with E-state index < -0.39 is 0 Å². The Morgan fingerprint density at radius 2 is 2.17 bits per heavy atom. The number of benzene rings is 1. The van der Waals surface area contributed by atoms with E-state index in [0.29, 0.717) is 12.0 Å². The van der Waals surface area contributed by atoms with Crippen LogP contribution in [0.2, 0.25) is 0 Å². The van der Waals surface area contributed by atoms with E-state index in [1.807, 2.05) is 6.07 Å². The van der Waals surface area contributed by atoms with Gasteiger partial charge in [0.05, 0.1) is 16.8 Å². The molecular weight excluding hydrogens is 306 g/mol. The maximum absolute atomic E-state index is 4.69. The molecule has 0 amide bonds. The first kappa shape index (κ1) is 14.8. The second-order valence-electron chi connectivity index (χ2n) is 6.41. The number of para-hydroxylation sites is 1. The first-order valence-corrected chi connectivity index (χ1v) is 9.02. The molecule has 1 aliphatic rings. The number of aryl methyl sites for hydroxylation is 1. The molecule has 0 radical (unpaired) electrons. The van der Waals surface area contributed by atoms with Crippen LogP contribution in [0.4, 0.5) is 0 Å². The Morgan fingerprint density at radius 1 is 1.30 bits per heavy atom. The van der Waals surface area contributed by atoms with Gasteiger partial charge >= 0.3 is 0 Å². The molecule has 1 aliphatic heterocycles. The predicted molar refractivity (Wildman–Crippen MR) is 92.7 cm³/mol. The van der Waals surface area contributed by atoms with Crippen LogP contribution >= 0.6 is 11.3 Å². The second-order valence-corrected chi connectivity index (χ2v) is 7.53. The van der Waals surface area contributed by atoms with E-state index in [1.54, 1.807) is 11.3 Å². The van der Waals surface area contributed by atoms with E-state index in [4.69, 9.17) is 0 Å². The van der Waals surface area contributed by atoms with Crippen molar-refractivity contribution in [3.8, 4) is 0 Å². The molecule has 3 heterocycles. The lowest BCUT2D eigenvalue weighted by Crippen LogP contribution is -2.37. The Hall–Kier alpha value is -1.79. The fraction of sp³-hybridized carbons (Fsp3) is 0.471. The number of fused-ring (bicyclic) bond motifs is 2. The Balaban J connectivity index is 1.41. The molecule has 0 saturated heterocycles. The third kappa shape index (κ3) is 3.01. The van der Waals surface area contributed by atoms with Crippen LogP contribution in [0.5, 0.6) is 0 Å². The van der Waals surface area contributed by atoms with Crippen LogP contribution in [0.25, 0.3) is 10.2 Å². The van der Waals surface area contributed by atoms with Crippen LogP contribution in [0, 0.1) is 0 Å². The monoisotopic (exact) mass is 327 g/mol. The van der Waals surface area contributed by atoms with E-state index in [1.165, 1.54) is 4.70 Å². The van der Waals surface area contributed by atoms with Crippen molar-refractivity contribution in [3.63, 3.8) is 0 Å². The van der Waals surface area contributed by atoms with Crippen LogP contribution in [-0.2, 0) is 19.5 Å². The lowest BCUT2D eigenvalue weighted by Gasteiger charge is -2.23. The van der Waals surface area contributed by atoms with E-state index in [2.05, 4.69) is 57.1 Å². The number of nitrogens with one attached hydrogen (secondary N) is 1. The summed E-state index contributed by atoms with van der Waals surface area (Å²) in [6, 6.07) is 8.75. The van der Waals surface area contributed by atoms with E-state index in [9.17, 15) is 0 Å². The number of thiazole rings is 1. The zero-order chi connectivity index (χ0) is 15.8. The minimum atomic E-state index is 0.391. The first-order valence-electron chi connectivity index (χ1n) is 8.20. The summed E-state index contributed by atoms with van der Waals surface area (Å²) in [6.45, 7) is 6.01. The fourth-order valence-electron chi connectivity index (χ4n) is 2.97. The summed E-state index contributed by atoms with van der Waals surface area (Å²) in [6.07, 6.45) is 2.11. The smallest absolute Gasteiger partial charge is 0.153 e. The van der Waals surface area contributed by atoms with Crippen LogP contribution < -0.4 is 5.32 Å². The normalized spacial score (nSPS) is 17.8. The molecule has 1 N–H and O–H groups in total. The van der Waals surface area contributed by atoms with Gasteiger partial charge in [-0.05, 0) is 18.6 Å². The minimum Gasteiger partial charge on any atom is -0.306 e. The largest absolute Gasteiger partial charge is 0.306 e. The van der Waals surface area contributed by atoms with Gasteiger partial charge in [0.1, 0.15) is 10.8 Å². The highest BCUT2D eigenvalue weighted by molar-refractivity contribution is 7.18. The van der Waals surface area contributed by atoms with Crippen LogP contribution in [0.1, 0.15) is 42.8 Å². The SMILES string of the molecule is CC(C)c1nc2n(n1)C[C@@H](NCc1nc3ccccc3s1)CC2. The highest BCUT2D eigenvalue weighted by Crippen LogP contribution is 2.22. The van der Waals surface area contributed by atoms with Gasteiger partial charge in [-0.1, -0.05) is 26.0 Å². The Morgan fingerprint density at radius 3 is 3.00 bits per heavy atom. The van der Waals surface area contributed by atoms with Crippen molar-refractivity contribution in [1.82, 2.24) is 25.1 Å². The molecule has 0 saturated carbocycles. The minimum absolute atomic E-state index is 0.391. The van der Waals surface area contributed by atoms with Gasteiger partial charge in [0.15, 0.2) is 5.82 Å². The van der Waals surface area contributed by atoms with Gasteiger partial charge in [-0.2, -0.15) is 5.10 Å². The van der Waals surface area contributed by atoms with Crippen molar-refractivity contribution < 1.29 is 0 Å². The van der Waals surface area contributed by atoms with E-state index in [0.717, 1.165) is 48.1 Å². The summed E-state index contributed by atoms with van der Waals surface area (Å²) in [4.78, 5) is 9.34. The third-order valence-electron chi connectivity index (χ3n) is 4.27. The maximum Gasteiger partial charge on any atom is 0.153 e. The molecule has 0 unspecified atom stereocenters. The molecule has 1 aromatic carbocycles. The Kier molecular flexibility index (Phi) is 3.87. The number of rotatable bonds is 4. The number of aromatic nitrogens is 4. The topological polar surface area (TPSA) is 55.6 Å². The third-order valence-corrected chi connectivity index (χ3v) is 5.31. The molecule has 6 heteroatoms. The summed E-state index contributed by atoms with van der Waals surface area (Å²) in [5, 5.41) is 9.43. The first-order chi connectivity index (χ1) is 11.2. The second kappa shape index (κ2) is 6.02. The van der Waals surface area contributed by atoms with Gasteiger partial charge in [0, 0.05) is 24.9 Å². The standard InChI is InChI=1S/C17H21N5S/c1-11(2)17-20-15-8-7-12(10-22(15)21-17)18-9-16-19-13-5-3-4-6-14(13)23-16/h3-6,11-12,18H,7-10H2,1-2H3/t12-/m0/s1. The Bertz CT molecular complexity index is 786. The summed E-state index contributed by atoms with van der Waals surface area (Å²) in [5.41, 5.74) is 1.10. The van der Waals surface area contributed by atoms with Crippen molar-refractivity contribution in [3.05, 3.63) is 40.9 Å². The Labute approximate surface area is 139 Å². The lowest BCUT2D eigenvalue weighted by atomic mass is 10.1. The molecule has 23 heavy (non-hydrogen) atoms. The molecule has 3 aromatic rings. The fourth-order valence-corrected chi connectivity index (χ4v) is 3.88. The van der Waals surface area contributed by atoms with E-state index >= 15 is 0 Å². The molecule has 0 bridgehead atoms. The van der Waals surface area contributed by atoms with Crippen molar-refractivity contribution in [1.29, 1.82) is 0 Å². The highest BCUT2D eigenvalue weighted by atomic mass is 32.1. The van der Waals surface area contributed by atoms with Gasteiger partial charge in [-0.15, -0.1) is 11.3 Å². The molecule has 5 nitrogen and oxygen atoms in total. The zero-order valence-electron chi connectivity index (χ0n) is 13.5. The molecule has 1 atom stereocenters. The lowest BCUT2D eigenvalue weighted by molar-refractivity contribution is 0.357. The molecule has 0 fully saturated rings. The number of nitrogens with zero attached hydrogens (tertiary/aromatic N) is 4. The van der Waals surface area contributed by atoms with Crippen molar-refractivity contribution in [2.45, 2.75) is 51.7 Å². The van der Waals surface area contributed by atoms with Crippen LogP contribution in [0.15, 0.2) is 24.3 Å². The van der Waals surface area contributed by atoms with Crippen molar-refractivity contribution in [2.75, 3.05) is 0 Å². The van der Waals surface area contributed by atoms with Gasteiger partial charge in [-0.25, -0.2) is 14.6 Å². The van der Waals surface area contributed by atoms with Gasteiger partial charge in [0.25, 0.3) is 0 Å². The number of hydrogen-bond donors (Lipinski definition) is 1. The van der Waals surface area contributed by atoms with Crippen molar-refractivity contribution in [2.24, 2.45) is 0 Å². The number of hydrogen-bond acceptors (Lipinski definition) is 5. The summed E-state index contributed by atoms with van der Waals surface area (Å²) < 4.78 is 3.34. The average Bonchev–Trinajstić information content (AvgIpc) is 3.15. The quantitative estimate of drug-likeness (QED) is 0.800. The molecule has 2 aromatic heterocycles. The summed E-state index contributed by atoms with van der Waals surface area (Å²) in [5.74, 6) is 2.49. The van der Waals surface area contributed by atoms with Crippen LogP contribution in [-0.4, -0.2) is 25.8 Å². The molecule has 0 aliphatic carbocycles. The van der Waals surface area contributed by atoms with Crippen molar-refractivity contribution >= 4 is 21.6 Å². The van der Waals surface area contributed by atoms with Gasteiger partial charge in [0.2, 0.25) is 0 Å². The molecule has 0 spiro atoms. The summed E-state index contributed by atoms with van der Waals surface area (Å²) >= 11 is 1.77. The predicted octanol–water partition coefficient (Wildman–Crippen LogP) is 3.12. The van der Waals surface area contributed by atoms with Gasteiger partial charge < -0.3 is 5.32 Å². The summed E-state index contributed by atoms with van der Waals surface area (Å²) in [7, 11) is 0.